The zero-order chi connectivity index (χ0) is 19.8. The Morgan fingerprint density at radius 1 is 1.32 bits per heavy atom. The summed E-state index contributed by atoms with van der Waals surface area (Å²) in [5.41, 5.74) is 6.74. The monoisotopic (exact) mass is 470 g/mol. The number of fused-ring (bicyclic) bond motifs is 1. The molecule has 150 valence electrons. The van der Waals surface area contributed by atoms with Crippen LogP contribution in [0.3, 0.4) is 0 Å². The topological polar surface area (TPSA) is 152 Å². The van der Waals surface area contributed by atoms with Crippen LogP contribution in [0.1, 0.15) is 11.1 Å². The molecule has 3 aromatic rings. The maximum atomic E-state index is 10.3. The molecule has 4 heterocycles. The van der Waals surface area contributed by atoms with Crippen LogP contribution < -0.4 is 11.1 Å². The maximum absolute atomic E-state index is 10.3. The minimum absolute atomic E-state index is 0.192. The number of nitrogens with zero attached hydrogens (tertiary/aromatic N) is 4. The van der Waals surface area contributed by atoms with Gasteiger partial charge in [-0.15, -0.1) is 11.3 Å². The van der Waals surface area contributed by atoms with Crippen LogP contribution in [-0.4, -0.2) is 66.3 Å². The molecular formula is C16H19BrN6O4S. The van der Waals surface area contributed by atoms with Crippen molar-refractivity contribution in [3.05, 3.63) is 27.1 Å². The first-order chi connectivity index (χ1) is 13.5. The van der Waals surface area contributed by atoms with Gasteiger partial charge in [-0.25, -0.2) is 4.98 Å². The van der Waals surface area contributed by atoms with Crippen LogP contribution in [0.4, 0.5) is 11.8 Å². The molecule has 28 heavy (non-hydrogen) atoms. The molecule has 2 unspecified atom stereocenters. The van der Waals surface area contributed by atoms with Crippen LogP contribution in [0, 0.1) is 0 Å². The van der Waals surface area contributed by atoms with Crippen molar-refractivity contribution < 1.29 is 20.1 Å². The highest BCUT2D eigenvalue weighted by Crippen LogP contribution is 2.32. The van der Waals surface area contributed by atoms with E-state index in [1.807, 2.05) is 5.38 Å². The molecule has 1 aliphatic rings. The number of aromatic nitrogens is 4. The lowest BCUT2D eigenvalue weighted by Crippen LogP contribution is -2.33. The standard InChI is InChI=1S/C16H19BrN6O4S/c17-7-3-8(28-5-7)1-2-19-16-21-13(18)10-14(22-16)23(6-20-10)15-12(26)11(25)9(4-24)27-15/h3,5-6,9,11-12,15,24-26H,1-2,4H2,(H3,18,19,21,22)/t9-,11?,12?,15-/m1/s1. The Morgan fingerprint density at radius 2 is 2.14 bits per heavy atom. The van der Waals surface area contributed by atoms with E-state index in [9.17, 15) is 15.3 Å². The average molecular weight is 471 g/mol. The van der Waals surface area contributed by atoms with Gasteiger partial charge in [0, 0.05) is 21.3 Å². The number of thiophene rings is 1. The van der Waals surface area contributed by atoms with Gasteiger partial charge in [-0.1, -0.05) is 0 Å². The van der Waals surface area contributed by atoms with Crippen molar-refractivity contribution in [1.82, 2.24) is 19.5 Å². The molecule has 4 rings (SSSR count). The largest absolute Gasteiger partial charge is 0.394 e. The third kappa shape index (κ3) is 3.58. The first-order valence-corrected chi connectivity index (χ1v) is 10.2. The predicted octanol–water partition coefficient (Wildman–Crippen LogP) is 0.499. The number of aliphatic hydroxyl groups is 3. The number of imidazole rings is 1. The average Bonchev–Trinajstić information content (AvgIpc) is 3.35. The molecule has 1 fully saturated rings. The minimum Gasteiger partial charge on any atom is -0.394 e. The Kier molecular flexibility index (Phi) is 5.49. The predicted molar refractivity (Wildman–Crippen MR) is 107 cm³/mol. The fourth-order valence-corrected chi connectivity index (χ4v) is 4.55. The highest BCUT2D eigenvalue weighted by molar-refractivity contribution is 9.10. The highest BCUT2D eigenvalue weighted by atomic mass is 79.9. The van der Waals surface area contributed by atoms with Gasteiger partial charge in [0.15, 0.2) is 17.7 Å². The number of nitrogens with two attached hydrogens (primary N) is 1. The van der Waals surface area contributed by atoms with Gasteiger partial charge in [0.2, 0.25) is 5.95 Å². The molecule has 0 bridgehead atoms. The number of aliphatic hydroxyl groups excluding tert-OH is 3. The second-order valence-corrected chi connectivity index (χ2v) is 8.30. The molecule has 3 aromatic heterocycles. The van der Waals surface area contributed by atoms with Gasteiger partial charge in [-0.3, -0.25) is 4.57 Å². The van der Waals surface area contributed by atoms with Crippen LogP contribution in [-0.2, 0) is 11.2 Å². The fraction of sp³-hybridized carbons (Fsp3) is 0.438. The number of anilines is 2. The van der Waals surface area contributed by atoms with Crippen molar-refractivity contribution in [2.75, 3.05) is 24.2 Å². The third-order valence-electron chi connectivity index (χ3n) is 4.52. The van der Waals surface area contributed by atoms with Crippen LogP contribution in [0.25, 0.3) is 11.2 Å². The molecule has 0 radical (unpaired) electrons. The van der Waals surface area contributed by atoms with E-state index >= 15 is 0 Å². The van der Waals surface area contributed by atoms with Gasteiger partial charge in [0.05, 0.1) is 12.9 Å². The van der Waals surface area contributed by atoms with Crippen molar-refractivity contribution in [3.63, 3.8) is 0 Å². The SMILES string of the molecule is Nc1nc(NCCc2cc(Br)cs2)nc2c1ncn2[C@@H]1O[C@H](CO)C(O)C1O. The Balaban J connectivity index is 1.56. The van der Waals surface area contributed by atoms with Gasteiger partial charge < -0.3 is 31.1 Å². The second-order valence-electron chi connectivity index (χ2n) is 6.39. The molecule has 0 saturated carbocycles. The van der Waals surface area contributed by atoms with E-state index in [0.29, 0.717) is 23.7 Å². The lowest BCUT2D eigenvalue weighted by Gasteiger charge is -2.16. The summed E-state index contributed by atoms with van der Waals surface area (Å²) in [6.07, 6.45) is -2.06. The molecule has 12 heteroatoms. The molecule has 10 nitrogen and oxygen atoms in total. The molecule has 1 aliphatic heterocycles. The molecule has 0 aromatic carbocycles. The number of hydrogen-bond donors (Lipinski definition) is 5. The van der Waals surface area contributed by atoms with Crippen LogP contribution in [0.5, 0.6) is 0 Å². The Morgan fingerprint density at radius 3 is 2.82 bits per heavy atom. The Labute approximate surface area is 172 Å². The van der Waals surface area contributed by atoms with Gasteiger partial charge in [0.1, 0.15) is 23.8 Å². The van der Waals surface area contributed by atoms with Crippen molar-refractivity contribution in [2.24, 2.45) is 0 Å². The van der Waals surface area contributed by atoms with Crippen molar-refractivity contribution in [3.8, 4) is 0 Å². The van der Waals surface area contributed by atoms with E-state index in [0.717, 1.165) is 10.9 Å². The maximum Gasteiger partial charge on any atom is 0.226 e. The van der Waals surface area contributed by atoms with E-state index in [1.165, 1.54) is 15.8 Å². The number of nitrogen functional groups attached to an aromatic ring is 1. The molecule has 0 aliphatic carbocycles. The molecule has 1 saturated heterocycles. The van der Waals surface area contributed by atoms with Crippen LogP contribution in [0.2, 0.25) is 0 Å². The van der Waals surface area contributed by atoms with Crippen LogP contribution in [0.15, 0.2) is 22.2 Å². The number of nitrogens with one attached hydrogen (secondary N) is 1. The summed E-state index contributed by atoms with van der Waals surface area (Å²) < 4.78 is 8.09. The van der Waals surface area contributed by atoms with Gasteiger partial charge in [0.25, 0.3) is 0 Å². The van der Waals surface area contributed by atoms with Gasteiger partial charge in [-0.05, 0) is 28.4 Å². The summed E-state index contributed by atoms with van der Waals surface area (Å²) in [7, 11) is 0. The van der Waals surface area contributed by atoms with E-state index in [4.69, 9.17) is 10.5 Å². The minimum atomic E-state index is -1.24. The number of rotatable bonds is 6. The fourth-order valence-electron chi connectivity index (χ4n) is 3.10. The van der Waals surface area contributed by atoms with Crippen LogP contribution >= 0.6 is 27.3 Å². The van der Waals surface area contributed by atoms with Crippen molar-refractivity contribution >= 4 is 50.2 Å². The first kappa shape index (κ1) is 19.5. The van der Waals surface area contributed by atoms with E-state index in [-0.39, 0.29) is 5.82 Å². The normalized spacial score (nSPS) is 24.9. The summed E-state index contributed by atoms with van der Waals surface area (Å²) in [6, 6.07) is 2.06. The Bertz CT molecular complexity index is 981. The van der Waals surface area contributed by atoms with Gasteiger partial charge in [-0.2, -0.15) is 9.97 Å². The summed E-state index contributed by atoms with van der Waals surface area (Å²) >= 11 is 5.09. The lowest BCUT2D eigenvalue weighted by molar-refractivity contribution is -0.0511. The van der Waals surface area contributed by atoms with E-state index in [1.54, 1.807) is 11.3 Å². The Hall–Kier alpha value is -1.83. The smallest absolute Gasteiger partial charge is 0.226 e. The summed E-state index contributed by atoms with van der Waals surface area (Å²) in [4.78, 5) is 14.1. The third-order valence-corrected chi connectivity index (χ3v) is 6.27. The summed E-state index contributed by atoms with van der Waals surface area (Å²) in [6.45, 7) is 0.198. The molecule has 0 amide bonds. The summed E-state index contributed by atoms with van der Waals surface area (Å²) in [5, 5.41) is 34.7. The molecule has 4 atom stereocenters. The van der Waals surface area contributed by atoms with E-state index < -0.39 is 31.1 Å². The molecular weight excluding hydrogens is 452 g/mol. The van der Waals surface area contributed by atoms with Crippen molar-refractivity contribution in [1.29, 1.82) is 0 Å². The quantitative estimate of drug-likeness (QED) is 0.346. The zero-order valence-corrected chi connectivity index (χ0v) is 17.0. The molecule has 6 N–H and O–H groups in total. The second kappa shape index (κ2) is 7.89. The number of ether oxygens (including phenoxy) is 1. The molecule has 0 spiro atoms. The van der Waals surface area contributed by atoms with Gasteiger partial charge >= 0.3 is 0 Å². The first-order valence-electron chi connectivity index (χ1n) is 8.57. The number of halogens is 1. The zero-order valence-electron chi connectivity index (χ0n) is 14.6. The lowest BCUT2D eigenvalue weighted by atomic mass is 10.1. The highest BCUT2D eigenvalue weighted by Gasteiger charge is 2.44. The van der Waals surface area contributed by atoms with E-state index in [2.05, 4.69) is 42.3 Å². The van der Waals surface area contributed by atoms with Crippen molar-refractivity contribution in [2.45, 2.75) is 31.0 Å². The summed E-state index contributed by atoms with van der Waals surface area (Å²) in [5.74, 6) is 0.519. The number of hydrogen-bond acceptors (Lipinski definition) is 10.